The van der Waals surface area contributed by atoms with Gasteiger partial charge in [0.05, 0.1) is 0 Å². The number of likely N-dealkylation sites (N-methyl/N-ethyl adjacent to an activating group) is 2. The van der Waals surface area contributed by atoms with Crippen LogP contribution in [0.5, 0.6) is 0 Å². The molecule has 0 spiro atoms. The van der Waals surface area contributed by atoms with Crippen molar-refractivity contribution in [1.82, 2.24) is 30.0 Å². The molecule has 1 aromatic rings. The average molecular weight is 432 g/mol. The van der Waals surface area contributed by atoms with Crippen LogP contribution in [-0.2, 0) is 12.8 Å². The number of aromatic nitrogens is 2. The van der Waals surface area contributed by atoms with Crippen molar-refractivity contribution in [2.45, 2.75) is 65.0 Å². The number of carbonyl (C=O) groups excluding carboxylic acids is 1. The summed E-state index contributed by atoms with van der Waals surface area (Å²) in [5.74, 6) is 0.841. The van der Waals surface area contributed by atoms with Crippen molar-refractivity contribution in [3.63, 3.8) is 0 Å². The fourth-order valence-electron chi connectivity index (χ4n) is 5.21. The second-order valence-corrected chi connectivity index (χ2v) is 9.20. The van der Waals surface area contributed by atoms with Crippen LogP contribution in [0.25, 0.3) is 0 Å². The van der Waals surface area contributed by atoms with Crippen molar-refractivity contribution in [1.29, 1.82) is 0 Å². The number of nitrogens with zero attached hydrogens (tertiary/aromatic N) is 5. The zero-order valence-electron chi connectivity index (χ0n) is 19.8. The van der Waals surface area contributed by atoms with E-state index in [0.29, 0.717) is 17.9 Å². The zero-order valence-corrected chi connectivity index (χ0v) is 19.8. The molecule has 1 fully saturated rings. The number of piperidine rings is 1. The van der Waals surface area contributed by atoms with Gasteiger partial charge < -0.3 is 20.9 Å². The molecule has 174 valence electrons. The summed E-state index contributed by atoms with van der Waals surface area (Å²) < 4.78 is 0. The maximum Gasteiger partial charge on any atom is 0.317 e. The van der Waals surface area contributed by atoms with Gasteiger partial charge in [0.15, 0.2) is 0 Å². The van der Waals surface area contributed by atoms with Crippen LogP contribution in [0, 0.1) is 5.92 Å². The third-order valence-corrected chi connectivity index (χ3v) is 6.78. The first-order valence-electron chi connectivity index (χ1n) is 12.0. The molecule has 0 aromatic carbocycles. The smallest absolute Gasteiger partial charge is 0.317 e. The summed E-state index contributed by atoms with van der Waals surface area (Å²) in [5, 5.41) is 3.35. The molecular formula is C23H41N7O. The molecule has 3 rings (SSSR count). The first-order valence-corrected chi connectivity index (χ1v) is 12.0. The monoisotopic (exact) mass is 431 g/mol. The van der Waals surface area contributed by atoms with Gasteiger partial charge in [-0.05, 0) is 70.6 Å². The molecule has 0 unspecified atom stereocenters. The minimum atomic E-state index is 0.0649. The molecule has 3 atom stereocenters. The average Bonchev–Trinajstić information content (AvgIpc) is 2.73. The molecule has 8 heteroatoms. The molecule has 0 saturated carbocycles. The first-order chi connectivity index (χ1) is 14.9. The van der Waals surface area contributed by atoms with Crippen LogP contribution in [0.2, 0.25) is 0 Å². The van der Waals surface area contributed by atoms with Crippen LogP contribution in [0.3, 0.4) is 0 Å². The van der Waals surface area contributed by atoms with Crippen LogP contribution in [0.4, 0.5) is 10.7 Å². The maximum absolute atomic E-state index is 13.0. The largest absolute Gasteiger partial charge is 0.368 e. The van der Waals surface area contributed by atoms with Crippen molar-refractivity contribution in [2.75, 3.05) is 52.0 Å². The van der Waals surface area contributed by atoms with Crippen molar-refractivity contribution in [3.05, 3.63) is 17.5 Å². The summed E-state index contributed by atoms with van der Waals surface area (Å²) >= 11 is 0. The normalized spacial score (nSPS) is 23.3. The summed E-state index contributed by atoms with van der Waals surface area (Å²) in [6.45, 7) is 11.9. The number of nitrogen functional groups attached to an aromatic ring is 1. The molecule has 2 amide bonds. The van der Waals surface area contributed by atoms with Gasteiger partial charge in [-0.1, -0.05) is 13.8 Å². The summed E-state index contributed by atoms with van der Waals surface area (Å²) in [5.41, 5.74) is 8.15. The molecule has 2 aliphatic rings. The van der Waals surface area contributed by atoms with Crippen molar-refractivity contribution >= 4 is 12.0 Å². The molecule has 0 radical (unpaired) electrons. The summed E-state index contributed by atoms with van der Waals surface area (Å²) in [6, 6.07) is 0.733. The Morgan fingerprint density at radius 2 is 2.03 bits per heavy atom. The molecule has 1 aliphatic carbocycles. The van der Waals surface area contributed by atoms with E-state index in [-0.39, 0.29) is 12.1 Å². The minimum Gasteiger partial charge on any atom is -0.368 e. The van der Waals surface area contributed by atoms with E-state index in [2.05, 4.69) is 52.9 Å². The predicted molar refractivity (Wildman–Crippen MR) is 125 cm³/mol. The summed E-state index contributed by atoms with van der Waals surface area (Å²) in [6.07, 6.45) is 7.03. The van der Waals surface area contributed by atoms with Crippen LogP contribution in [0.1, 0.15) is 51.3 Å². The Kier molecular flexibility index (Phi) is 8.49. The van der Waals surface area contributed by atoms with Gasteiger partial charge in [-0.2, -0.15) is 0 Å². The number of hydrogen-bond donors (Lipinski definition) is 2. The van der Waals surface area contributed by atoms with Crippen molar-refractivity contribution < 1.29 is 4.79 Å². The van der Waals surface area contributed by atoms with Gasteiger partial charge in [-0.25, -0.2) is 14.8 Å². The number of amides is 2. The van der Waals surface area contributed by atoms with Crippen molar-refractivity contribution in [3.8, 4) is 0 Å². The topological polar surface area (TPSA) is 90.6 Å². The Bertz CT molecular complexity index is 728. The van der Waals surface area contributed by atoms with Gasteiger partial charge in [0.1, 0.15) is 0 Å². The molecular weight excluding hydrogens is 390 g/mol. The van der Waals surface area contributed by atoms with Gasteiger partial charge in [0.2, 0.25) is 5.95 Å². The van der Waals surface area contributed by atoms with Gasteiger partial charge >= 0.3 is 6.03 Å². The molecule has 1 aromatic heterocycles. The number of nitrogens with two attached hydrogens (primary N) is 1. The van der Waals surface area contributed by atoms with Crippen LogP contribution in [-0.4, -0.2) is 89.1 Å². The van der Waals surface area contributed by atoms with E-state index >= 15 is 0 Å². The second kappa shape index (κ2) is 11.1. The highest BCUT2D eigenvalue weighted by Gasteiger charge is 2.40. The van der Waals surface area contributed by atoms with E-state index in [4.69, 9.17) is 5.73 Å². The number of carbonyl (C=O) groups is 1. The van der Waals surface area contributed by atoms with Gasteiger partial charge in [-0.3, -0.25) is 4.90 Å². The number of urea groups is 1. The SMILES string of the molecule is CCCN(C)CCN(CC)C(=O)N[C@H]1C[C@@H]2Cc3nc(N)ncc3C[C@H]2N(CCC)C1. The molecule has 3 N–H and O–H groups in total. The quantitative estimate of drug-likeness (QED) is 0.622. The second-order valence-electron chi connectivity index (χ2n) is 9.20. The number of nitrogens with one attached hydrogen (secondary N) is 1. The van der Waals surface area contributed by atoms with Crippen LogP contribution < -0.4 is 11.1 Å². The number of hydrogen-bond acceptors (Lipinski definition) is 6. The molecule has 0 bridgehead atoms. The van der Waals surface area contributed by atoms with Gasteiger partial charge in [0.25, 0.3) is 0 Å². The summed E-state index contributed by atoms with van der Waals surface area (Å²) in [4.78, 5) is 28.5. The predicted octanol–water partition coefficient (Wildman–Crippen LogP) is 2.00. The third-order valence-electron chi connectivity index (χ3n) is 6.78. The number of fused-ring (bicyclic) bond motifs is 2. The van der Waals surface area contributed by atoms with E-state index < -0.39 is 0 Å². The standard InChI is InChI=1S/C23H41N7O/c1-5-8-28(4)10-11-29(7-3)23(31)26-19-12-17-13-20-18(15-25-22(24)27-20)14-21(17)30(16-19)9-6-2/h15,17,19,21H,5-14,16H2,1-4H3,(H,26,31)(H2,24,25,27)/t17-,19+,21-/m1/s1. The molecule has 8 nitrogen and oxygen atoms in total. The lowest BCUT2D eigenvalue weighted by molar-refractivity contribution is 0.0624. The highest BCUT2D eigenvalue weighted by atomic mass is 16.2. The fraction of sp³-hybridized carbons (Fsp3) is 0.783. The summed E-state index contributed by atoms with van der Waals surface area (Å²) in [7, 11) is 2.12. The lowest BCUT2D eigenvalue weighted by Crippen LogP contribution is -2.59. The lowest BCUT2D eigenvalue weighted by atomic mass is 9.76. The molecule has 2 heterocycles. The van der Waals surface area contributed by atoms with Gasteiger partial charge in [0, 0.05) is 50.2 Å². The lowest BCUT2D eigenvalue weighted by Gasteiger charge is -2.47. The van der Waals surface area contributed by atoms with E-state index in [0.717, 1.165) is 77.1 Å². The number of rotatable bonds is 9. The Morgan fingerprint density at radius 3 is 2.74 bits per heavy atom. The Labute approximate surface area is 187 Å². The van der Waals surface area contributed by atoms with Gasteiger partial charge in [-0.15, -0.1) is 0 Å². The molecule has 1 aliphatic heterocycles. The van der Waals surface area contributed by atoms with E-state index in [1.807, 2.05) is 11.1 Å². The van der Waals surface area contributed by atoms with E-state index in [9.17, 15) is 4.79 Å². The highest BCUT2D eigenvalue weighted by Crippen LogP contribution is 2.34. The van der Waals surface area contributed by atoms with Crippen LogP contribution >= 0.6 is 0 Å². The Morgan fingerprint density at radius 1 is 1.23 bits per heavy atom. The molecule has 31 heavy (non-hydrogen) atoms. The zero-order chi connectivity index (χ0) is 22.4. The fourth-order valence-corrected chi connectivity index (χ4v) is 5.21. The van der Waals surface area contributed by atoms with E-state index in [1.165, 1.54) is 5.56 Å². The number of anilines is 1. The first kappa shape index (κ1) is 23.7. The number of likely N-dealkylation sites (tertiary alicyclic amines) is 1. The van der Waals surface area contributed by atoms with Crippen molar-refractivity contribution in [2.24, 2.45) is 5.92 Å². The highest BCUT2D eigenvalue weighted by molar-refractivity contribution is 5.74. The minimum absolute atomic E-state index is 0.0649. The van der Waals surface area contributed by atoms with E-state index in [1.54, 1.807) is 0 Å². The Hall–Kier alpha value is -1.93. The van der Waals surface area contributed by atoms with Crippen LogP contribution in [0.15, 0.2) is 6.20 Å². The maximum atomic E-state index is 13.0. The third kappa shape index (κ3) is 6.07. The Balaban J connectivity index is 1.64. The molecule has 1 saturated heterocycles.